The van der Waals surface area contributed by atoms with Gasteiger partial charge in [0.05, 0.1) is 14.2 Å². The number of halogens is 1. The molecule has 0 radical (unpaired) electrons. The zero-order valence-electron chi connectivity index (χ0n) is 11.8. The topological polar surface area (TPSA) is 35.5 Å². The molecular weight excluding hydrogens is 271 g/mol. The molecule has 0 bridgehead atoms. The van der Waals surface area contributed by atoms with Crippen LogP contribution in [0.3, 0.4) is 0 Å². The number of ether oxygens (including phenoxy) is 2. The Hall–Kier alpha value is -2.62. The van der Waals surface area contributed by atoms with Crippen LogP contribution in [0.2, 0.25) is 0 Å². The third kappa shape index (κ3) is 3.48. The van der Waals surface area contributed by atoms with Crippen molar-refractivity contribution in [2.45, 2.75) is 0 Å². The highest BCUT2D eigenvalue weighted by Gasteiger charge is 2.08. The summed E-state index contributed by atoms with van der Waals surface area (Å²) in [6.07, 6.45) is 2.79. The highest BCUT2D eigenvalue weighted by atomic mass is 19.1. The minimum Gasteiger partial charge on any atom is -0.493 e. The van der Waals surface area contributed by atoms with Crippen LogP contribution >= 0.6 is 0 Å². The molecule has 0 atom stereocenters. The Kier molecular flexibility index (Phi) is 4.72. The van der Waals surface area contributed by atoms with Crippen molar-refractivity contribution in [1.82, 2.24) is 0 Å². The molecule has 0 aliphatic heterocycles. The van der Waals surface area contributed by atoms with E-state index >= 15 is 0 Å². The first kappa shape index (κ1) is 14.8. The fraction of sp³-hybridized carbons (Fsp3) is 0.118. The number of hydrogen-bond acceptors (Lipinski definition) is 3. The van der Waals surface area contributed by atoms with Crippen molar-refractivity contribution in [2.24, 2.45) is 0 Å². The van der Waals surface area contributed by atoms with Crippen molar-refractivity contribution in [2.75, 3.05) is 14.2 Å². The van der Waals surface area contributed by atoms with Gasteiger partial charge in [0.2, 0.25) is 0 Å². The summed E-state index contributed by atoms with van der Waals surface area (Å²) < 4.78 is 23.7. The molecule has 0 spiro atoms. The SMILES string of the molecule is COc1ccc(C(=O)C=Cc2ccccc2F)cc1OC. The Morgan fingerprint density at radius 3 is 2.43 bits per heavy atom. The highest BCUT2D eigenvalue weighted by Crippen LogP contribution is 2.27. The number of rotatable bonds is 5. The van der Waals surface area contributed by atoms with Crippen molar-refractivity contribution in [3.8, 4) is 11.5 Å². The lowest BCUT2D eigenvalue weighted by molar-refractivity contribution is 0.104. The van der Waals surface area contributed by atoms with E-state index in [1.54, 1.807) is 36.4 Å². The van der Waals surface area contributed by atoms with Gasteiger partial charge in [0, 0.05) is 11.1 Å². The van der Waals surface area contributed by atoms with Crippen LogP contribution in [-0.4, -0.2) is 20.0 Å². The third-order valence-electron chi connectivity index (χ3n) is 2.99. The van der Waals surface area contributed by atoms with Gasteiger partial charge in [-0.15, -0.1) is 0 Å². The lowest BCUT2D eigenvalue weighted by atomic mass is 10.1. The molecular formula is C17H15FO3. The van der Waals surface area contributed by atoms with E-state index in [2.05, 4.69) is 0 Å². The summed E-state index contributed by atoms with van der Waals surface area (Å²) in [4.78, 5) is 12.1. The van der Waals surface area contributed by atoms with Crippen LogP contribution in [0.25, 0.3) is 6.08 Å². The zero-order chi connectivity index (χ0) is 15.2. The molecule has 2 rings (SSSR count). The minimum atomic E-state index is -0.367. The van der Waals surface area contributed by atoms with Crippen LogP contribution in [0, 0.1) is 5.82 Å². The first-order chi connectivity index (χ1) is 10.2. The maximum absolute atomic E-state index is 13.5. The lowest BCUT2D eigenvalue weighted by Crippen LogP contribution is -1.97. The predicted molar refractivity (Wildman–Crippen MR) is 79.3 cm³/mol. The molecule has 2 aromatic rings. The van der Waals surface area contributed by atoms with Crippen LogP contribution in [-0.2, 0) is 0 Å². The molecule has 0 aliphatic rings. The van der Waals surface area contributed by atoms with Gasteiger partial charge in [-0.25, -0.2) is 4.39 Å². The van der Waals surface area contributed by atoms with E-state index in [-0.39, 0.29) is 11.6 Å². The molecule has 4 heteroatoms. The van der Waals surface area contributed by atoms with Crippen molar-refractivity contribution < 1.29 is 18.7 Å². The van der Waals surface area contributed by atoms with E-state index in [4.69, 9.17) is 9.47 Å². The average molecular weight is 286 g/mol. The van der Waals surface area contributed by atoms with Gasteiger partial charge in [0.25, 0.3) is 0 Å². The summed E-state index contributed by atoms with van der Waals surface area (Å²) in [5.41, 5.74) is 0.812. The van der Waals surface area contributed by atoms with Gasteiger partial charge >= 0.3 is 0 Å². The minimum absolute atomic E-state index is 0.237. The fourth-order valence-electron chi connectivity index (χ4n) is 1.86. The number of hydrogen-bond donors (Lipinski definition) is 0. The predicted octanol–water partition coefficient (Wildman–Crippen LogP) is 3.74. The Morgan fingerprint density at radius 2 is 1.76 bits per heavy atom. The Bertz CT molecular complexity index is 677. The lowest BCUT2D eigenvalue weighted by Gasteiger charge is -2.08. The number of carbonyl (C=O) groups is 1. The number of carbonyl (C=O) groups excluding carboxylic acids is 1. The molecule has 0 heterocycles. The number of ketones is 1. The standard InChI is InChI=1S/C17H15FO3/c1-20-16-10-8-13(11-17(16)21-2)15(19)9-7-12-5-3-4-6-14(12)18/h3-11H,1-2H3. The van der Waals surface area contributed by atoms with Crippen LogP contribution in [0.5, 0.6) is 11.5 Å². The molecule has 0 N–H and O–H groups in total. The number of benzene rings is 2. The van der Waals surface area contributed by atoms with Crippen molar-refractivity contribution in [1.29, 1.82) is 0 Å². The summed E-state index contributed by atoms with van der Waals surface area (Å²) >= 11 is 0. The summed E-state index contributed by atoms with van der Waals surface area (Å²) in [6.45, 7) is 0. The largest absolute Gasteiger partial charge is 0.493 e. The number of allylic oxidation sites excluding steroid dienone is 1. The Morgan fingerprint density at radius 1 is 1.05 bits per heavy atom. The maximum Gasteiger partial charge on any atom is 0.185 e. The molecule has 2 aromatic carbocycles. The maximum atomic E-state index is 13.5. The van der Waals surface area contributed by atoms with Crippen molar-refractivity contribution in [3.63, 3.8) is 0 Å². The van der Waals surface area contributed by atoms with E-state index in [1.165, 1.54) is 32.4 Å². The smallest absolute Gasteiger partial charge is 0.185 e. The summed E-state index contributed by atoms with van der Waals surface area (Å²) in [7, 11) is 3.03. The van der Waals surface area contributed by atoms with Gasteiger partial charge in [-0.1, -0.05) is 18.2 Å². The molecule has 0 amide bonds. The molecule has 0 saturated heterocycles. The third-order valence-corrected chi connectivity index (χ3v) is 2.99. The van der Waals surface area contributed by atoms with E-state index in [9.17, 15) is 9.18 Å². The van der Waals surface area contributed by atoms with E-state index in [0.717, 1.165) is 0 Å². The normalized spacial score (nSPS) is 10.6. The first-order valence-electron chi connectivity index (χ1n) is 6.34. The Labute approximate surface area is 122 Å². The van der Waals surface area contributed by atoms with Crippen molar-refractivity contribution >= 4 is 11.9 Å². The average Bonchev–Trinajstić information content (AvgIpc) is 2.53. The van der Waals surface area contributed by atoms with Gasteiger partial charge < -0.3 is 9.47 Å². The number of methoxy groups -OCH3 is 2. The molecule has 0 fully saturated rings. The summed E-state index contributed by atoms with van der Waals surface area (Å²) in [5, 5.41) is 0. The van der Waals surface area contributed by atoms with E-state index in [1.807, 2.05) is 0 Å². The molecule has 0 unspecified atom stereocenters. The van der Waals surface area contributed by atoms with Gasteiger partial charge in [0.1, 0.15) is 5.82 Å². The van der Waals surface area contributed by atoms with Crippen molar-refractivity contribution in [3.05, 3.63) is 65.5 Å². The highest BCUT2D eigenvalue weighted by molar-refractivity contribution is 6.07. The molecule has 0 saturated carbocycles. The second-order valence-electron chi connectivity index (χ2n) is 4.29. The van der Waals surface area contributed by atoms with Gasteiger partial charge in [-0.2, -0.15) is 0 Å². The molecule has 0 aromatic heterocycles. The molecule has 108 valence electrons. The van der Waals surface area contributed by atoms with Gasteiger partial charge in [-0.05, 0) is 36.4 Å². The second-order valence-corrected chi connectivity index (χ2v) is 4.29. The quantitative estimate of drug-likeness (QED) is 0.620. The van der Waals surface area contributed by atoms with Crippen LogP contribution in [0.1, 0.15) is 15.9 Å². The summed E-state index contributed by atoms with van der Waals surface area (Å²) in [6, 6.07) is 11.1. The molecule has 3 nitrogen and oxygen atoms in total. The first-order valence-corrected chi connectivity index (χ1v) is 6.34. The monoisotopic (exact) mass is 286 g/mol. The second kappa shape index (κ2) is 6.70. The summed E-state index contributed by atoms with van der Waals surface area (Å²) in [5.74, 6) is 0.419. The Balaban J connectivity index is 2.23. The van der Waals surface area contributed by atoms with E-state index in [0.29, 0.717) is 22.6 Å². The van der Waals surface area contributed by atoms with Crippen LogP contribution in [0.15, 0.2) is 48.5 Å². The van der Waals surface area contributed by atoms with Crippen LogP contribution < -0.4 is 9.47 Å². The van der Waals surface area contributed by atoms with Gasteiger partial charge in [0.15, 0.2) is 17.3 Å². The van der Waals surface area contributed by atoms with Crippen LogP contribution in [0.4, 0.5) is 4.39 Å². The van der Waals surface area contributed by atoms with Gasteiger partial charge in [-0.3, -0.25) is 4.79 Å². The molecule has 0 aliphatic carbocycles. The molecule has 21 heavy (non-hydrogen) atoms. The van der Waals surface area contributed by atoms with E-state index < -0.39 is 0 Å². The fourth-order valence-corrected chi connectivity index (χ4v) is 1.86. The zero-order valence-corrected chi connectivity index (χ0v) is 11.8.